The van der Waals surface area contributed by atoms with E-state index < -0.39 is 4.92 Å². The fourth-order valence-electron chi connectivity index (χ4n) is 2.94. The first kappa shape index (κ1) is 23.6. The molecule has 9 nitrogen and oxygen atoms in total. The normalized spacial score (nSPS) is 10.9. The average molecular weight is 476 g/mol. The van der Waals surface area contributed by atoms with E-state index in [1.807, 2.05) is 28.8 Å². The Hall–Kier alpha value is -3.11. The highest BCUT2D eigenvalue weighted by molar-refractivity contribution is 7.99. The topological polar surface area (TPSA) is 112 Å². The van der Waals surface area contributed by atoms with Crippen molar-refractivity contribution in [3.63, 3.8) is 0 Å². The lowest BCUT2D eigenvalue weighted by atomic mass is 10.2. The van der Waals surface area contributed by atoms with E-state index in [0.29, 0.717) is 29.1 Å². The van der Waals surface area contributed by atoms with Gasteiger partial charge in [-0.3, -0.25) is 14.9 Å². The van der Waals surface area contributed by atoms with Crippen molar-refractivity contribution in [3.05, 3.63) is 57.6 Å². The zero-order valence-electron chi connectivity index (χ0n) is 17.7. The van der Waals surface area contributed by atoms with Gasteiger partial charge in [0, 0.05) is 23.9 Å². The van der Waals surface area contributed by atoms with Crippen LogP contribution in [0, 0.1) is 16.0 Å². The molecule has 0 bridgehead atoms. The number of aromatic nitrogens is 3. The number of methoxy groups -OCH3 is 1. The molecule has 3 rings (SSSR count). The van der Waals surface area contributed by atoms with Crippen molar-refractivity contribution in [2.75, 3.05) is 18.2 Å². The van der Waals surface area contributed by atoms with Gasteiger partial charge in [-0.1, -0.05) is 37.2 Å². The molecule has 0 unspecified atom stereocenters. The van der Waals surface area contributed by atoms with Crippen LogP contribution in [0.2, 0.25) is 5.02 Å². The minimum absolute atomic E-state index is 0.00947. The van der Waals surface area contributed by atoms with Crippen LogP contribution in [0.3, 0.4) is 0 Å². The van der Waals surface area contributed by atoms with Crippen molar-refractivity contribution >= 4 is 40.6 Å². The number of ether oxygens (including phenoxy) is 1. The Bertz CT molecular complexity index is 1120. The van der Waals surface area contributed by atoms with Gasteiger partial charge in [-0.05, 0) is 42.3 Å². The van der Waals surface area contributed by atoms with E-state index in [0.717, 1.165) is 11.3 Å². The van der Waals surface area contributed by atoms with Gasteiger partial charge in [0.15, 0.2) is 11.0 Å². The standard InChI is InChI=1S/C21H22ClN5O4S/c1-13(2)11-26-20(14-4-7-16(31-3)8-5-14)24-25-21(26)32-12-19(28)23-15-6-9-17(22)18(10-15)27(29)30/h4-10,13H,11-12H2,1-3H3,(H,23,28). The lowest BCUT2D eigenvalue weighted by Gasteiger charge is -2.13. The van der Waals surface area contributed by atoms with Gasteiger partial charge in [-0.2, -0.15) is 0 Å². The molecular formula is C21H22ClN5O4S. The fraction of sp³-hybridized carbons (Fsp3) is 0.286. The molecule has 0 radical (unpaired) electrons. The molecule has 0 spiro atoms. The van der Waals surface area contributed by atoms with E-state index in [9.17, 15) is 14.9 Å². The third kappa shape index (κ3) is 5.77. The summed E-state index contributed by atoms with van der Waals surface area (Å²) in [6, 6.07) is 11.7. The third-order valence-electron chi connectivity index (χ3n) is 4.37. The molecule has 0 aliphatic rings. The van der Waals surface area contributed by atoms with Gasteiger partial charge >= 0.3 is 0 Å². The zero-order chi connectivity index (χ0) is 23.3. The molecular weight excluding hydrogens is 454 g/mol. The van der Waals surface area contributed by atoms with Crippen LogP contribution in [0.25, 0.3) is 11.4 Å². The van der Waals surface area contributed by atoms with Crippen LogP contribution < -0.4 is 10.1 Å². The number of halogens is 1. The molecule has 0 aliphatic heterocycles. The lowest BCUT2D eigenvalue weighted by molar-refractivity contribution is -0.384. The summed E-state index contributed by atoms with van der Waals surface area (Å²) >= 11 is 7.06. The van der Waals surface area contributed by atoms with Gasteiger partial charge in [-0.15, -0.1) is 10.2 Å². The Kier molecular flexibility index (Phi) is 7.70. The Morgan fingerprint density at radius 3 is 2.59 bits per heavy atom. The number of carbonyl (C=O) groups excluding carboxylic acids is 1. The van der Waals surface area contributed by atoms with Crippen molar-refractivity contribution in [2.45, 2.75) is 25.5 Å². The highest BCUT2D eigenvalue weighted by Gasteiger charge is 2.18. The second-order valence-corrected chi connectivity index (χ2v) is 8.65. The lowest BCUT2D eigenvalue weighted by Crippen LogP contribution is -2.15. The molecule has 1 heterocycles. The molecule has 0 aliphatic carbocycles. The van der Waals surface area contributed by atoms with Crippen molar-refractivity contribution in [1.29, 1.82) is 0 Å². The fourth-order valence-corrected chi connectivity index (χ4v) is 3.87. The van der Waals surface area contributed by atoms with E-state index in [-0.39, 0.29) is 22.4 Å². The number of hydrogen-bond acceptors (Lipinski definition) is 7. The second-order valence-electron chi connectivity index (χ2n) is 7.30. The van der Waals surface area contributed by atoms with Gasteiger partial charge < -0.3 is 14.6 Å². The van der Waals surface area contributed by atoms with Gasteiger partial charge in [0.1, 0.15) is 10.8 Å². The highest BCUT2D eigenvalue weighted by Crippen LogP contribution is 2.29. The van der Waals surface area contributed by atoms with Gasteiger partial charge in [-0.25, -0.2) is 0 Å². The Morgan fingerprint density at radius 1 is 1.25 bits per heavy atom. The third-order valence-corrected chi connectivity index (χ3v) is 5.66. The molecule has 32 heavy (non-hydrogen) atoms. The molecule has 0 saturated heterocycles. The predicted octanol–water partition coefficient (Wildman–Crippen LogP) is 4.90. The van der Waals surface area contributed by atoms with E-state index in [1.54, 1.807) is 7.11 Å². The molecule has 11 heteroatoms. The first-order valence-electron chi connectivity index (χ1n) is 9.72. The summed E-state index contributed by atoms with van der Waals surface area (Å²) in [5, 5.41) is 22.9. The van der Waals surface area contributed by atoms with Crippen LogP contribution in [-0.4, -0.2) is 38.5 Å². The number of nitrogens with zero attached hydrogens (tertiary/aromatic N) is 4. The number of amides is 1. The van der Waals surface area contributed by atoms with Crippen LogP contribution in [0.5, 0.6) is 5.75 Å². The molecule has 0 atom stereocenters. The average Bonchev–Trinajstić information content (AvgIpc) is 3.15. The van der Waals surface area contributed by atoms with E-state index in [4.69, 9.17) is 16.3 Å². The largest absolute Gasteiger partial charge is 0.497 e. The summed E-state index contributed by atoms with van der Waals surface area (Å²) in [6.07, 6.45) is 0. The number of nitro benzene ring substituents is 1. The number of anilines is 1. The maximum absolute atomic E-state index is 12.4. The van der Waals surface area contributed by atoms with Crippen LogP contribution >= 0.6 is 23.4 Å². The quantitative estimate of drug-likeness (QED) is 0.266. The van der Waals surface area contributed by atoms with Gasteiger partial charge in [0.25, 0.3) is 5.69 Å². The Balaban J connectivity index is 1.74. The summed E-state index contributed by atoms with van der Waals surface area (Å²) in [7, 11) is 1.61. The summed E-state index contributed by atoms with van der Waals surface area (Å²) in [6.45, 7) is 4.86. The number of nitro groups is 1. The first-order chi connectivity index (χ1) is 15.3. The van der Waals surface area contributed by atoms with Gasteiger partial charge in [0.2, 0.25) is 5.91 Å². The maximum Gasteiger partial charge on any atom is 0.289 e. The van der Waals surface area contributed by atoms with E-state index in [2.05, 4.69) is 29.4 Å². The number of benzene rings is 2. The van der Waals surface area contributed by atoms with Crippen molar-refractivity contribution < 1.29 is 14.5 Å². The molecule has 1 N–H and O–H groups in total. The zero-order valence-corrected chi connectivity index (χ0v) is 19.3. The number of nitrogens with one attached hydrogen (secondary N) is 1. The molecule has 2 aromatic carbocycles. The second kappa shape index (κ2) is 10.5. The Morgan fingerprint density at radius 2 is 1.97 bits per heavy atom. The molecule has 1 aromatic heterocycles. The minimum atomic E-state index is -0.595. The summed E-state index contributed by atoms with van der Waals surface area (Å²) < 4.78 is 7.19. The number of rotatable bonds is 9. The monoisotopic (exact) mass is 475 g/mol. The van der Waals surface area contributed by atoms with Crippen molar-refractivity contribution in [1.82, 2.24) is 14.8 Å². The summed E-state index contributed by atoms with van der Waals surface area (Å²) in [4.78, 5) is 22.9. The first-order valence-corrected chi connectivity index (χ1v) is 11.1. The molecule has 0 saturated carbocycles. The predicted molar refractivity (Wildman–Crippen MR) is 124 cm³/mol. The van der Waals surface area contributed by atoms with E-state index in [1.165, 1.54) is 30.0 Å². The molecule has 3 aromatic rings. The van der Waals surface area contributed by atoms with Crippen molar-refractivity contribution in [2.24, 2.45) is 5.92 Å². The van der Waals surface area contributed by atoms with Crippen LogP contribution in [0.4, 0.5) is 11.4 Å². The van der Waals surface area contributed by atoms with E-state index >= 15 is 0 Å². The van der Waals surface area contributed by atoms with Gasteiger partial charge in [0.05, 0.1) is 17.8 Å². The van der Waals surface area contributed by atoms with Crippen LogP contribution in [0.1, 0.15) is 13.8 Å². The molecule has 168 valence electrons. The number of thioether (sulfide) groups is 1. The van der Waals surface area contributed by atoms with Crippen LogP contribution in [0.15, 0.2) is 47.6 Å². The summed E-state index contributed by atoms with van der Waals surface area (Å²) in [5.74, 6) is 1.53. The summed E-state index contributed by atoms with van der Waals surface area (Å²) in [5.41, 5.74) is 0.927. The van der Waals surface area contributed by atoms with Crippen LogP contribution in [-0.2, 0) is 11.3 Å². The minimum Gasteiger partial charge on any atom is -0.497 e. The van der Waals surface area contributed by atoms with Crippen molar-refractivity contribution in [3.8, 4) is 17.1 Å². The molecule has 0 fully saturated rings. The number of hydrogen-bond donors (Lipinski definition) is 1. The SMILES string of the molecule is COc1ccc(-c2nnc(SCC(=O)Nc3ccc(Cl)c([N+](=O)[O-])c3)n2CC(C)C)cc1. The smallest absolute Gasteiger partial charge is 0.289 e. The number of carbonyl (C=O) groups is 1. The maximum atomic E-state index is 12.4. The Labute approximate surface area is 194 Å². The highest BCUT2D eigenvalue weighted by atomic mass is 35.5. The molecule has 1 amide bonds.